The molecule has 1 aromatic heterocycles. The smallest absolute Gasteiger partial charge is 0.174 e. The predicted molar refractivity (Wildman–Crippen MR) is 96.7 cm³/mol. The van der Waals surface area contributed by atoms with Crippen molar-refractivity contribution in [2.75, 3.05) is 11.9 Å². The largest absolute Gasteiger partial charge is 0.345 e. The molecule has 116 valence electrons. The molecular formula is C17H20ClN3S. The molecule has 1 atom stereocenters. The number of nitrogens with zero attached hydrogens (tertiary/aromatic N) is 2. The predicted octanol–water partition coefficient (Wildman–Crippen LogP) is 4.53. The van der Waals surface area contributed by atoms with Crippen molar-refractivity contribution in [1.82, 2.24) is 9.47 Å². The van der Waals surface area contributed by atoms with Gasteiger partial charge in [-0.1, -0.05) is 17.7 Å². The molecule has 0 saturated carbocycles. The van der Waals surface area contributed by atoms with Gasteiger partial charge in [0.15, 0.2) is 5.11 Å². The van der Waals surface area contributed by atoms with Crippen molar-refractivity contribution in [2.24, 2.45) is 0 Å². The standard InChI is InChI=1S/C17H20ClN3S/c1-11-4-6-14(10-15(11)18)19-17(22)21-9-8-20-12(2)5-7-16(20)13(21)3/h4-7,10,13H,8-9H2,1-3H3,(H,19,22)/t13-/m0/s1. The minimum absolute atomic E-state index is 0.267. The minimum Gasteiger partial charge on any atom is -0.345 e. The molecule has 0 aliphatic carbocycles. The Hall–Kier alpha value is -1.52. The first-order chi connectivity index (χ1) is 10.5. The van der Waals surface area contributed by atoms with E-state index >= 15 is 0 Å². The van der Waals surface area contributed by atoms with Gasteiger partial charge in [-0.3, -0.25) is 0 Å². The average molecular weight is 334 g/mol. The lowest BCUT2D eigenvalue weighted by Crippen LogP contribution is -2.43. The van der Waals surface area contributed by atoms with E-state index in [-0.39, 0.29) is 6.04 Å². The van der Waals surface area contributed by atoms with Crippen LogP contribution >= 0.6 is 23.8 Å². The Morgan fingerprint density at radius 2 is 2.00 bits per heavy atom. The molecular weight excluding hydrogens is 314 g/mol. The van der Waals surface area contributed by atoms with Gasteiger partial charge in [0.05, 0.1) is 6.04 Å². The van der Waals surface area contributed by atoms with Crippen molar-refractivity contribution in [3.8, 4) is 0 Å². The van der Waals surface area contributed by atoms with Crippen LogP contribution in [0.15, 0.2) is 30.3 Å². The number of thiocarbonyl (C=S) groups is 1. The Bertz CT molecular complexity index is 723. The van der Waals surface area contributed by atoms with Crippen LogP contribution in [-0.4, -0.2) is 21.1 Å². The highest BCUT2D eigenvalue weighted by molar-refractivity contribution is 7.80. The summed E-state index contributed by atoms with van der Waals surface area (Å²) in [6.45, 7) is 8.22. The summed E-state index contributed by atoms with van der Waals surface area (Å²) in [5.41, 5.74) is 4.63. The van der Waals surface area contributed by atoms with E-state index < -0.39 is 0 Å². The number of anilines is 1. The van der Waals surface area contributed by atoms with E-state index in [1.807, 2.05) is 25.1 Å². The molecule has 0 fully saturated rings. The molecule has 22 heavy (non-hydrogen) atoms. The lowest BCUT2D eigenvalue weighted by molar-refractivity contribution is 0.274. The number of hydrogen-bond acceptors (Lipinski definition) is 1. The highest BCUT2D eigenvalue weighted by Crippen LogP contribution is 2.28. The number of nitrogens with one attached hydrogen (secondary N) is 1. The molecule has 2 heterocycles. The van der Waals surface area contributed by atoms with Crippen LogP contribution in [0.1, 0.15) is 29.9 Å². The summed E-state index contributed by atoms with van der Waals surface area (Å²) in [7, 11) is 0. The van der Waals surface area contributed by atoms with Crippen LogP contribution in [0.2, 0.25) is 5.02 Å². The van der Waals surface area contributed by atoms with Crippen molar-refractivity contribution in [3.63, 3.8) is 0 Å². The Labute approximate surface area is 141 Å². The average Bonchev–Trinajstić information content (AvgIpc) is 2.86. The summed E-state index contributed by atoms with van der Waals surface area (Å²) < 4.78 is 2.37. The number of hydrogen-bond donors (Lipinski definition) is 1. The summed E-state index contributed by atoms with van der Waals surface area (Å²) >= 11 is 11.8. The molecule has 0 radical (unpaired) electrons. The van der Waals surface area contributed by atoms with Gasteiger partial charge in [0.25, 0.3) is 0 Å². The highest BCUT2D eigenvalue weighted by Gasteiger charge is 2.26. The van der Waals surface area contributed by atoms with Gasteiger partial charge in [-0.15, -0.1) is 0 Å². The van der Waals surface area contributed by atoms with Crippen LogP contribution < -0.4 is 5.32 Å². The van der Waals surface area contributed by atoms with Gasteiger partial charge in [0, 0.05) is 35.2 Å². The van der Waals surface area contributed by atoms with E-state index in [0.29, 0.717) is 0 Å². The van der Waals surface area contributed by atoms with E-state index in [2.05, 4.69) is 40.8 Å². The molecule has 3 rings (SSSR count). The Morgan fingerprint density at radius 3 is 2.73 bits per heavy atom. The van der Waals surface area contributed by atoms with E-state index in [1.54, 1.807) is 0 Å². The zero-order valence-electron chi connectivity index (χ0n) is 13.1. The summed E-state index contributed by atoms with van der Waals surface area (Å²) in [5.74, 6) is 0. The third kappa shape index (κ3) is 2.73. The fourth-order valence-electron chi connectivity index (χ4n) is 2.96. The van der Waals surface area contributed by atoms with Gasteiger partial charge in [0.1, 0.15) is 0 Å². The molecule has 1 aliphatic heterocycles. The SMILES string of the molecule is Cc1ccc(NC(=S)N2CCn3c(C)ccc3[C@@H]2C)cc1Cl. The topological polar surface area (TPSA) is 20.2 Å². The number of benzene rings is 1. The van der Waals surface area contributed by atoms with Crippen LogP contribution in [0.3, 0.4) is 0 Å². The number of halogens is 1. The molecule has 1 aromatic carbocycles. The number of rotatable bonds is 1. The van der Waals surface area contributed by atoms with Crippen LogP contribution in [0, 0.1) is 13.8 Å². The zero-order valence-corrected chi connectivity index (χ0v) is 14.6. The van der Waals surface area contributed by atoms with Gasteiger partial charge in [-0.25, -0.2) is 0 Å². The van der Waals surface area contributed by atoms with Crippen LogP contribution in [0.25, 0.3) is 0 Å². The molecule has 1 N–H and O–H groups in total. The number of fused-ring (bicyclic) bond motifs is 1. The van der Waals surface area contributed by atoms with E-state index in [1.165, 1.54) is 11.4 Å². The van der Waals surface area contributed by atoms with E-state index in [9.17, 15) is 0 Å². The lowest BCUT2D eigenvalue weighted by atomic mass is 10.1. The van der Waals surface area contributed by atoms with Gasteiger partial charge >= 0.3 is 0 Å². The van der Waals surface area contributed by atoms with Crippen molar-refractivity contribution in [1.29, 1.82) is 0 Å². The highest BCUT2D eigenvalue weighted by atomic mass is 35.5. The first kappa shape index (κ1) is 15.4. The Balaban J connectivity index is 1.77. The third-order valence-electron chi connectivity index (χ3n) is 4.38. The molecule has 3 nitrogen and oxygen atoms in total. The van der Waals surface area contributed by atoms with Gasteiger partial charge in [-0.05, 0) is 62.8 Å². The fourth-order valence-corrected chi connectivity index (χ4v) is 3.51. The quantitative estimate of drug-likeness (QED) is 0.774. The van der Waals surface area contributed by atoms with Crippen molar-refractivity contribution in [3.05, 3.63) is 52.3 Å². The summed E-state index contributed by atoms with van der Waals surface area (Å²) in [4.78, 5) is 2.23. The zero-order chi connectivity index (χ0) is 15.9. The summed E-state index contributed by atoms with van der Waals surface area (Å²) in [6, 6.07) is 10.6. The van der Waals surface area contributed by atoms with Crippen LogP contribution in [0.5, 0.6) is 0 Å². The molecule has 5 heteroatoms. The molecule has 1 aliphatic rings. The summed E-state index contributed by atoms with van der Waals surface area (Å²) in [5, 5.41) is 4.81. The van der Waals surface area contributed by atoms with Crippen molar-refractivity contribution >= 4 is 34.6 Å². The number of aryl methyl sites for hydroxylation is 2. The second-order valence-corrected chi connectivity index (χ2v) is 6.61. The lowest BCUT2D eigenvalue weighted by Gasteiger charge is -2.37. The molecule has 0 spiro atoms. The van der Waals surface area contributed by atoms with E-state index in [0.717, 1.165) is 34.5 Å². The maximum Gasteiger partial charge on any atom is 0.174 e. The maximum atomic E-state index is 6.18. The maximum absolute atomic E-state index is 6.18. The Kier molecular flexibility index (Phi) is 4.15. The third-order valence-corrected chi connectivity index (χ3v) is 5.12. The van der Waals surface area contributed by atoms with Gasteiger partial charge in [-0.2, -0.15) is 0 Å². The van der Waals surface area contributed by atoms with Crippen LogP contribution in [-0.2, 0) is 6.54 Å². The number of aromatic nitrogens is 1. The molecule has 0 saturated heterocycles. The fraction of sp³-hybridized carbons (Fsp3) is 0.353. The summed E-state index contributed by atoms with van der Waals surface area (Å²) in [6.07, 6.45) is 0. The normalized spacial score (nSPS) is 17.3. The van der Waals surface area contributed by atoms with Crippen LogP contribution in [0.4, 0.5) is 5.69 Å². The molecule has 0 amide bonds. The first-order valence-electron chi connectivity index (χ1n) is 7.47. The molecule has 0 unspecified atom stereocenters. The van der Waals surface area contributed by atoms with Gasteiger partial charge in [0.2, 0.25) is 0 Å². The monoisotopic (exact) mass is 333 g/mol. The second kappa shape index (κ2) is 5.94. The molecule has 2 aromatic rings. The van der Waals surface area contributed by atoms with E-state index in [4.69, 9.17) is 23.8 Å². The Morgan fingerprint density at radius 1 is 1.23 bits per heavy atom. The minimum atomic E-state index is 0.267. The second-order valence-electron chi connectivity index (χ2n) is 5.81. The van der Waals surface area contributed by atoms with Crippen molar-refractivity contribution < 1.29 is 0 Å². The first-order valence-corrected chi connectivity index (χ1v) is 8.26. The molecule has 0 bridgehead atoms. The van der Waals surface area contributed by atoms with Crippen molar-refractivity contribution in [2.45, 2.75) is 33.4 Å². The van der Waals surface area contributed by atoms with Gasteiger partial charge < -0.3 is 14.8 Å².